The first-order valence-corrected chi connectivity index (χ1v) is 7.52. The lowest BCUT2D eigenvalue weighted by Gasteiger charge is -2.30. The lowest BCUT2D eigenvalue weighted by Crippen LogP contribution is -2.29. The molecule has 0 bridgehead atoms. The van der Waals surface area contributed by atoms with Crippen LogP contribution >= 0.6 is 11.3 Å². The van der Waals surface area contributed by atoms with E-state index in [1.165, 1.54) is 28.6 Å². The first-order chi connectivity index (χ1) is 10.1. The van der Waals surface area contributed by atoms with Gasteiger partial charge in [0.05, 0.1) is 0 Å². The number of carboxylic acid groups (broad SMARTS) is 1. The second-order valence-corrected chi connectivity index (χ2v) is 5.92. The predicted molar refractivity (Wildman–Crippen MR) is 82.1 cm³/mol. The van der Waals surface area contributed by atoms with Crippen LogP contribution in [0.4, 0.5) is 10.1 Å². The van der Waals surface area contributed by atoms with E-state index in [-0.39, 0.29) is 5.82 Å². The number of rotatable bonds is 3. The molecule has 5 heteroatoms. The second-order valence-electron chi connectivity index (χ2n) is 4.92. The Kier molecular flexibility index (Phi) is 3.75. The number of thiophene rings is 1. The van der Waals surface area contributed by atoms with E-state index in [1.807, 2.05) is 0 Å². The molecular weight excluding hydrogens is 289 g/mol. The summed E-state index contributed by atoms with van der Waals surface area (Å²) in [5.41, 5.74) is 2.76. The lowest BCUT2D eigenvalue weighted by molar-refractivity contribution is -0.131. The maximum absolute atomic E-state index is 13.4. The molecule has 1 N–H and O–H groups in total. The van der Waals surface area contributed by atoms with Gasteiger partial charge in [0.2, 0.25) is 0 Å². The molecule has 0 radical (unpaired) electrons. The maximum atomic E-state index is 13.4. The second kappa shape index (κ2) is 5.69. The van der Waals surface area contributed by atoms with Gasteiger partial charge in [0, 0.05) is 35.3 Å². The number of hydrogen-bond acceptors (Lipinski definition) is 3. The molecule has 0 atom stereocenters. The summed E-state index contributed by atoms with van der Waals surface area (Å²) in [5, 5.41) is 10.8. The highest BCUT2D eigenvalue weighted by atomic mass is 32.1. The smallest absolute Gasteiger partial charge is 0.328 e. The number of carboxylic acids is 1. The van der Waals surface area contributed by atoms with E-state index in [0.29, 0.717) is 5.56 Å². The zero-order valence-corrected chi connectivity index (χ0v) is 12.1. The van der Waals surface area contributed by atoms with Crippen LogP contribution in [0.2, 0.25) is 0 Å². The Morgan fingerprint density at radius 2 is 2.24 bits per heavy atom. The van der Waals surface area contributed by atoms with Gasteiger partial charge in [-0.1, -0.05) is 0 Å². The summed E-state index contributed by atoms with van der Waals surface area (Å²) in [6, 6.07) is 6.62. The molecular formula is C16H14FNO2S. The summed E-state index contributed by atoms with van der Waals surface area (Å²) in [4.78, 5) is 14.2. The van der Waals surface area contributed by atoms with Crippen molar-refractivity contribution in [2.45, 2.75) is 13.0 Å². The largest absolute Gasteiger partial charge is 0.478 e. The zero-order chi connectivity index (χ0) is 14.8. The number of benzene rings is 1. The Balaban J connectivity index is 1.93. The number of hydrogen-bond donors (Lipinski definition) is 1. The van der Waals surface area contributed by atoms with Crippen LogP contribution in [0.1, 0.15) is 16.0 Å². The van der Waals surface area contributed by atoms with E-state index in [0.717, 1.165) is 31.3 Å². The van der Waals surface area contributed by atoms with Crippen molar-refractivity contribution < 1.29 is 14.3 Å². The topological polar surface area (TPSA) is 40.5 Å². The molecule has 1 aliphatic rings. The van der Waals surface area contributed by atoms with Crippen molar-refractivity contribution in [1.29, 1.82) is 0 Å². The van der Waals surface area contributed by atoms with Crippen LogP contribution in [-0.4, -0.2) is 17.6 Å². The van der Waals surface area contributed by atoms with Gasteiger partial charge in [-0.2, -0.15) is 0 Å². The third-order valence-electron chi connectivity index (χ3n) is 3.54. The van der Waals surface area contributed by atoms with Crippen molar-refractivity contribution in [3.63, 3.8) is 0 Å². The van der Waals surface area contributed by atoms with Crippen LogP contribution in [0.3, 0.4) is 0 Å². The Morgan fingerprint density at radius 1 is 1.38 bits per heavy atom. The normalized spacial score (nSPS) is 14.4. The monoisotopic (exact) mass is 303 g/mol. The predicted octanol–water partition coefficient (Wildman–Crippen LogP) is 3.55. The first-order valence-electron chi connectivity index (χ1n) is 6.64. The molecule has 1 aromatic heterocycles. The minimum absolute atomic E-state index is 0.364. The van der Waals surface area contributed by atoms with Crippen LogP contribution in [0.15, 0.2) is 35.7 Å². The van der Waals surface area contributed by atoms with Crippen LogP contribution in [-0.2, 0) is 17.8 Å². The molecule has 1 aromatic carbocycles. The number of fused-ring (bicyclic) bond motifs is 1. The average molecular weight is 303 g/mol. The zero-order valence-electron chi connectivity index (χ0n) is 11.3. The van der Waals surface area contributed by atoms with E-state index in [4.69, 9.17) is 5.11 Å². The fraction of sp³-hybridized carbons (Fsp3) is 0.188. The van der Waals surface area contributed by atoms with Crippen molar-refractivity contribution in [3.8, 4) is 0 Å². The van der Waals surface area contributed by atoms with Crippen LogP contribution < -0.4 is 4.90 Å². The molecule has 21 heavy (non-hydrogen) atoms. The molecule has 1 aliphatic heterocycles. The summed E-state index contributed by atoms with van der Waals surface area (Å²) < 4.78 is 13.4. The molecule has 0 saturated carbocycles. The third-order valence-corrected chi connectivity index (χ3v) is 4.57. The molecule has 2 heterocycles. The molecule has 3 rings (SSSR count). The summed E-state index contributed by atoms with van der Waals surface area (Å²) >= 11 is 1.77. The SMILES string of the molecule is O=C(O)/C=C/c1cc(F)ccc1N1CCc2sccc2C1. The first kappa shape index (κ1) is 13.8. The van der Waals surface area contributed by atoms with Crippen LogP contribution in [0, 0.1) is 5.82 Å². The van der Waals surface area contributed by atoms with E-state index in [1.54, 1.807) is 17.4 Å². The Labute approximate surface area is 126 Å². The maximum Gasteiger partial charge on any atom is 0.328 e. The molecule has 0 fully saturated rings. The summed E-state index contributed by atoms with van der Waals surface area (Å²) in [6.07, 6.45) is 3.45. The fourth-order valence-corrected chi connectivity index (χ4v) is 3.45. The molecule has 0 unspecified atom stereocenters. The Bertz CT molecular complexity index is 708. The van der Waals surface area contributed by atoms with Gasteiger partial charge in [0.15, 0.2) is 0 Å². The van der Waals surface area contributed by atoms with Gasteiger partial charge in [0.25, 0.3) is 0 Å². The molecule has 0 aliphatic carbocycles. The quantitative estimate of drug-likeness (QED) is 0.882. The molecule has 3 nitrogen and oxygen atoms in total. The van der Waals surface area contributed by atoms with Crippen molar-refractivity contribution >= 4 is 29.1 Å². The van der Waals surface area contributed by atoms with Gasteiger partial charge in [-0.3, -0.25) is 0 Å². The van der Waals surface area contributed by atoms with Gasteiger partial charge in [0.1, 0.15) is 5.82 Å². The molecule has 0 amide bonds. The highest BCUT2D eigenvalue weighted by Crippen LogP contribution is 2.30. The fourth-order valence-electron chi connectivity index (χ4n) is 2.56. The molecule has 0 saturated heterocycles. The summed E-state index contributed by atoms with van der Waals surface area (Å²) in [5.74, 6) is -1.40. The van der Waals surface area contributed by atoms with E-state index in [9.17, 15) is 9.18 Å². The van der Waals surface area contributed by atoms with Crippen molar-refractivity contribution in [1.82, 2.24) is 0 Å². The third kappa shape index (κ3) is 2.97. The Morgan fingerprint density at radius 3 is 3.05 bits per heavy atom. The summed E-state index contributed by atoms with van der Waals surface area (Å²) in [7, 11) is 0. The minimum atomic E-state index is -1.04. The standard InChI is InChI=1S/C16H14FNO2S/c17-13-2-3-14(11(9-13)1-4-16(19)20)18-7-5-15-12(10-18)6-8-21-15/h1-4,6,8-9H,5,7,10H2,(H,19,20)/b4-1+. The number of carbonyl (C=O) groups is 1. The molecule has 2 aromatic rings. The molecule has 108 valence electrons. The highest BCUT2D eigenvalue weighted by Gasteiger charge is 2.19. The van der Waals surface area contributed by atoms with Gasteiger partial charge >= 0.3 is 5.97 Å². The highest BCUT2D eigenvalue weighted by molar-refractivity contribution is 7.10. The van der Waals surface area contributed by atoms with Gasteiger partial charge in [-0.15, -0.1) is 11.3 Å². The number of nitrogens with zero attached hydrogens (tertiary/aromatic N) is 1. The number of aliphatic carboxylic acids is 1. The minimum Gasteiger partial charge on any atom is -0.478 e. The lowest BCUT2D eigenvalue weighted by atomic mass is 10.1. The van der Waals surface area contributed by atoms with Crippen molar-refractivity contribution in [2.24, 2.45) is 0 Å². The number of anilines is 1. The van der Waals surface area contributed by atoms with E-state index < -0.39 is 5.97 Å². The molecule has 0 spiro atoms. The van der Waals surface area contributed by atoms with E-state index >= 15 is 0 Å². The van der Waals surface area contributed by atoms with Gasteiger partial charge in [-0.05, 0) is 47.7 Å². The average Bonchev–Trinajstić information content (AvgIpc) is 2.92. The van der Waals surface area contributed by atoms with Crippen molar-refractivity contribution in [3.05, 3.63) is 57.5 Å². The van der Waals surface area contributed by atoms with Crippen LogP contribution in [0.5, 0.6) is 0 Å². The summed E-state index contributed by atoms with van der Waals surface area (Å²) in [6.45, 7) is 1.63. The van der Waals surface area contributed by atoms with Gasteiger partial charge in [-0.25, -0.2) is 9.18 Å². The van der Waals surface area contributed by atoms with E-state index in [2.05, 4.69) is 16.3 Å². The van der Waals surface area contributed by atoms with Crippen LogP contribution in [0.25, 0.3) is 6.08 Å². The Hall–Kier alpha value is -2.14. The van der Waals surface area contributed by atoms with Crippen molar-refractivity contribution in [2.75, 3.05) is 11.4 Å². The number of halogens is 1. The van der Waals surface area contributed by atoms with Gasteiger partial charge < -0.3 is 10.0 Å².